The lowest BCUT2D eigenvalue weighted by atomic mass is 10.0. The molecule has 0 radical (unpaired) electrons. The lowest BCUT2D eigenvalue weighted by Gasteiger charge is -2.43. The Labute approximate surface area is 74.9 Å². The molecular weight excluding hydrogens is 178 g/mol. The molecule has 0 aromatic rings. The quantitative estimate of drug-likeness (QED) is 0.646. The van der Waals surface area contributed by atoms with E-state index in [1.54, 1.807) is 0 Å². The van der Waals surface area contributed by atoms with Gasteiger partial charge in [-0.25, -0.2) is 0 Å². The van der Waals surface area contributed by atoms with Gasteiger partial charge in [0.1, 0.15) is 6.54 Å². The number of thioether (sulfide) groups is 1. The fourth-order valence-corrected chi connectivity index (χ4v) is 2.30. The summed E-state index contributed by atoms with van der Waals surface area (Å²) in [5.74, 6) is -1.04. The highest BCUT2D eigenvalue weighted by atomic mass is 32.2. The SMILES string of the molecule is CS[C@H]1[C@H](C)C(=O)N1CC(=O)O. The smallest absolute Gasteiger partial charge is 0.323 e. The second-order valence-corrected chi connectivity index (χ2v) is 3.73. The summed E-state index contributed by atoms with van der Waals surface area (Å²) in [5, 5.41) is 8.51. The van der Waals surface area contributed by atoms with Gasteiger partial charge < -0.3 is 10.0 Å². The Balaban J connectivity index is 2.54. The molecule has 1 saturated heterocycles. The summed E-state index contributed by atoms with van der Waals surface area (Å²) in [6, 6.07) is 0. The minimum atomic E-state index is -0.950. The van der Waals surface area contributed by atoms with Gasteiger partial charge in [-0.3, -0.25) is 9.59 Å². The Kier molecular flexibility index (Phi) is 2.62. The van der Waals surface area contributed by atoms with Crippen LogP contribution in [0.4, 0.5) is 0 Å². The number of carbonyl (C=O) groups excluding carboxylic acids is 1. The summed E-state index contributed by atoms with van der Waals surface area (Å²) < 4.78 is 0. The number of hydrogen-bond acceptors (Lipinski definition) is 3. The number of carboxylic acids is 1. The molecule has 5 heteroatoms. The van der Waals surface area contributed by atoms with Gasteiger partial charge in [0, 0.05) is 0 Å². The summed E-state index contributed by atoms with van der Waals surface area (Å²) >= 11 is 1.52. The number of hydrogen-bond donors (Lipinski definition) is 1. The van der Waals surface area contributed by atoms with Gasteiger partial charge in [-0.2, -0.15) is 0 Å². The van der Waals surface area contributed by atoms with Crippen LogP contribution in [-0.2, 0) is 9.59 Å². The molecule has 1 heterocycles. The van der Waals surface area contributed by atoms with Gasteiger partial charge in [0.15, 0.2) is 0 Å². The highest BCUT2D eigenvalue weighted by molar-refractivity contribution is 7.99. The molecule has 0 aliphatic carbocycles. The van der Waals surface area contributed by atoms with Crippen LogP contribution < -0.4 is 0 Å². The third-order valence-electron chi connectivity index (χ3n) is 1.95. The summed E-state index contributed by atoms with van der Waals surface area (Å²) in [5.41, 5.74) is 0. The fraction of sp³-hybridized carbons (Fsp3) is 0.714. The van der Waals surface area contributed by atoms with Gasteiger partial charge in [0.2, 0.25) is 5.91 Å². The van der Waals surface area contributed by atoms with Crippen molar-refractivity contribution in [2.75, 3.05) is 12.8 Å². The molecular formula is C7H11NO3S. The van der Waals surface area contributed by atoms with E-state index in [-0.39, 0.29) is 23.7 Å². The van der Waals surface area contributed by atoms with Crippen molar-refractivity contribution in [3.05, 3.63) is 0 Å². The van der Waals surface area contributed by atoms with Crippen LogP contribution in [0.3, 0.4) is 0 Å². The maximum atomic E-state index is 11.1. The van der Waals surface area contributed by atoms with Crippen molar-refractivity contribution >= 4 is 23.6 Å². The van der Waals surface area contributed by atoms with Crippen molar-refractivity contribution < 1.29 is 14.7 Å². The van der Waals surface area contributed by atoms with Crippen LogP contribution in [0.15, 0.2) is 0 Å². The lowest BCUT2D eigenvalue weighted by Crippen LogP contribution is -2.59. The topological polar surface area (TPSA) is 57.6 Å². The molecule has 2 atom stereocenters. The van der Waals surface area contributed by atoms with Crippen LogP contribution in [0.5, 0.6) is 0 Å². The number of carbonyl (C=O) groups is 2. The number of likely N-dealkylation sites (tertiary alicyclic amines) is 1. The molecule has 4 nitrogen and oxygen atoms in total. The molecule has 1 N–H and O–H groups in total. The van der Waals surface area contributed by atoms with Crippen LogP contribution in [0.25, 0.3) is 0 Å². The van der Waals surface area contributed by atoms with Crippen LogP contribution in [0.1, 0.15) is 6.92 Å². The Hall–Kier alpha value is -0.710. The molecule has 0 bridgehead atoms. The van der Waals surface area contributed by atoms with Crippen LogP contribution in [-0.4, -0.2) is 40.1 Å². The third-order valence-corrected chi connectivity index (χ3v) is 3.10. The van der Waals surface area contributed by atoms with Gasteiger partial charge in [-0.15, -0.1) is 11.8 Å². The van der Waals surface area contributed by atoms with Crippen molar-refractivity contribution in [2.24, 2.45) is 5.92 Å². The maximum absolute atomic E-state index is 11.1. The zero-order chi connectivity index (χ0) is 9.30. The molecule has 1 aliphatic rings. The molecule has 0 aromatic carbocycles. The highest BCUT2D eigenvalue weighted by Gasteiger charge is 2.44. The van der Waals surface area contributed by atoms with Crippen LogP contribution in [0.2, 0.25) is 0 Å². The Morgan fingerprint density at radius 2 is 2.33 bits per heavy atom. The van der Waals surface area contributed by atoms with E-state index in [0.717, 1.165) is 0 Å². The molecule has 0 spiro atoms. The van der Waals surface area contributed by atoms with Crippen molar-refractivity contribution in [3.8, 4) is 0 Å². The van der Waals surface area contributed by atoms with Crippen LogP contribution in [0, 0.1) is 5.92 Å². The number of nitrogens with zero attached hydrogens (tertiary/aromatic N) is 1. The van der Waals surface area contributed by atoms with E-state index in [0.29, 0.717) is 0 Å². The Morgan fingerprint density at radius 3 is 2.75 bits per heavy atom. The van der Waals surface area contributed by atoms with Gasteiger partial charge in [0.25, 0.3) is 0 Å². The number of amides is 1. The van der Waals surface area contributed by atoms with Gasteiger partial charge in [-0.1, -0.05) is 6.92 Å². The minimum Gasteiger partial charge on any atom is -0.480 e. The van der Waals surface area contributed by atoms with Crippen molar-refractivity contribution in [1.29, 1.82) is 0 Å². The number of β-lactam (4-membered cyclic amide) rings is 1. The first-order valence-corrected chi connectivity index (χ1v) is 4.91. The molecule has 68 valence electrons. The highest BCUT2D eigenvalue weighted by Crippen LogP contribution is 2.32. The average molecular weight is 189 g/mol. The second-order valence-electron chi connectivity index (χ2n) is 2.77. The number of rotatable bonds is 3. The zero-order valence-electron chi connectivity index (χ0n) is 6.98. The third kappa shape index (κ3) is 1.41. The summed E-state index contributed by atoms with van der Waals surface area (Å²) in [6.45, 7) is 1.65. The van der Waals surface area contributed by atoms with E-state index in [1.807, 2.05) is 13.2 Å². The normalized spacial score (nSPS) is 28.5. The first-order chi connectivity index (χ1) is 5.57. The van der Waals surface area contributed by atoms with E-state index in [4.69, 9.17) is 5.11 Å². The predicted molar refractivity (Wildman–Crippen MR) is 45.8 cm³/mol. The van der Waals surface area contributed by atoms with E-state index >= 15 is 0 Å². The monoisotopic (exact) mass is 189 g/mol. The summed E-state index contributed by atoms with van der Waals surface area (Å²) in [4.78, 5) is 22.8. The lowest BCUT2D eigenvalue weighted by molar-refractivity contribution is -0.156. The molecule has 0 saturated carbocycles. The molecule has 1 rings (SSSR count). The molecule has 1 amide bonds. The van der Waals surface area contributed by atoms with E-state index in [9.17, 15) is 9.59 Å². The van der Waals surface area contributed by atoms with Crippen molar-refractivity contribution in [1.82, 2.24) is 4.90 Å². The van der Waals surface area contributed by atoms with Crippen molar-refractivity contribution in [3.63, 3.8) is 0 Å². The minimum absolute atomic E-state index is 0.0284. The largest absolute Gasteiger partial charge is 0.480 e. The Bertz CT molecular complexity index is 219. The Morgan fingerprint density at radius 1 is 1.75 bits per heavy atom. The van der Waals surface area contributed by atoms with Gasteiger partial charge >= 0.3 is 5.97 Å². The first kappa shape index (κ1) is 9.38. The molecule has 0 unspecified atom stereocenters. The molecule has 1 fully saturated rings. The van der Waals surface area contributed by atoms with E-state index < -0.39 is 5.97 Å². The number of aliphatic carboxylic acids is 1. The fourth-order valence-electron chi connectivity index (χ4n) is 1.34. The summed E-state index contributed by atoms with van der Waals surface area (Å²) in [6.07, 6.45) is 1.88. The molecule has 12 heavy (non-hydrogen) atoms. The van der Waals surface area contributed by atoms with Gasteiger partial charge in [-0.05, 0) is 6.26 Å². The zero-order valence-corrected chi connectivity index (χ0v) is 7.80. The van der Waals surface area contributed by atoms with E-state index in [2.05, 4.69) is 0 Å². The number of carboxylic acid groups (broad SMARTS) is 1. The van der Waals surface area contributed by atoms with Crippen molar-refractivity contribution in [2.45, 2.75) is 12.3 Å². The molecule has 0 aromatic heterocycles. The predicted octanol–water partition coefficient (Wildman–Crippen LogP) is 0.238. The van der Waals surface area contributed by atoms with Gasteiger partial charge in [0.05, 0.1) is 11.3 Å². The maximum Gasteiger partial charge on any atom is 0.323 e. The van der Waals surface area contributed by atoms with E-state index in [1.165, 1.54) is 16.7 Å². The summed E-state index contributed by atoms with van der Waals surface area (Å²) in [7, 11) is 0. The molecule has 1 aliphatic heterocycles. The average Bonchev–Trinajstić information content (AvgIpc) is 2.03. The van der Waals surface area contributed by atoms with Crippen LogP contribution >= 0.6 is 11.8 Å². The standard InChI is InChI=1S/C7H11NO3S/c1-4-6(11)8(3-5(9)10)7(4)12-2/h4,7H,3H2,1-2H3,(H,9,10)/t4-,7+/m1/s1. The second kappa shape index (κ2) is 3.35. The first-order valence-electron chi connectivity index (χ1n) is 3.63.